The van der Waals surface area contributed by atoms with Gasteiger partial charge in [-0.1, -0.05) is 56.0 Å². The maximum Gasteiger partial charge on any atom is 0.264 e. The minimum Gasteiger partial charge on any atom is -0.384 e. The summed E-state index contributed by atoms with van der Waals surface area (Å²) in [6, 6.07) is 25.8. The first-order valence-corrected chi connectivity index (χ1v) is 25.1. The summed E-state index contributed by atoms with van der Waals surface area (Å²) in [5.74, 6) is -1.97. The van der Waals surface area contributed by atoms with Crippen molar-refractivity contribution in [3.8, 4) is 6.07 Å². The van der Waals surface area contributed by atoms with Gasteiger partial charge in [0.05, 0.1) is 28.3 Å². The molecule has 0 radical (unpaired) electrons. The van der Waals surface area contributed by atoms with E-state index in [9.17, 15) is 38.8 Å². The van der Waals surface area contributed by atoms with E-state index in [0.29, 0.717) is 75.5 Å². The maximum atomic E-state index is 13.5. The minimum atomic E-state index is -1.01. The van der Waals surface area contributed by atoms with E-state index in [1.54, 1.807) is 30.5 Å². The van der Waals surface area contributed by atoms with Crippen LogP contribution in [0, 0.1) is 11.3 Å². The predicted octanol–water partition coefficient (Wildman–Crippen LogP) is 7.12. The maximum absolute atomic E-state index is 13.5. The molecule has 0 bridgehead atoms. The number of unbranched alkanes of at least 4 members (excludes halogenated alkanes) is 7. The topological polar surface area (TPSA) is 214 Å². The van der Waals surface area contributed by atoms with Crippen LogP contribution in [0.15, 0.2) is 85.1 Å². The Bertz CT molecular complexity index is 2870. The zero-order valence-corrected chi connectivity index (χ0v) is 40.1. The summed E-state index contributed by atoms with van der Waals surface area (Å²) < 4.78 is 0. The van der Waals surface area contributed by atoms with Crippen molar-refractivity contribution in [3.63, 3.8) is 0 Å². The molecule has 1 aromatic heterocycles. The number of hydrogen-bond donors (Lipinski definition) is 4. The fourth-order valence-electron chi connectivity index (χ4n) is 9.69. The highest BCUT2D eigenvalue weighted by Gasteiger charge is 2.45. The first-order valence-electron chi connectivity index (χ1n) is 25.1. The molecule has 368 valence electrons. The van der Waals surface area contributed by atoms with E-state index in [0.717, 1.165) is 96.5 Å². The second kappa shape index (κ2) is 23.8. The van der Waals surface area contributed by atoms with Crippen molar-refractivity contribution >= 4 is 74.4 Å². The zero-order chi connectivity index (χ0) is 49.7. The van der Waals surface area contributed by atoms with E-state index in [4.69, 9.17) is 0 Å². The van der Waals surface area contributed by atoms with E-state index in [1.807, 2.05) is 46.2 Å². The number of benzene rings is 4. The molecule has 3 aliphatic heterocycles. The predicted molar refractivity (Wildman–Crippen MR) is 270 cm³/mol. The lowest BCUT2D eigenvalue weighted by atomic mass is 10.0. The van der Waals surface area contributed by atoms with Crippen LogP contribution in [0.3, 0.4) is 0 Å². The second-order valence-electron chi connectivity index (χ2n) is 18.6. The molecule has 1 atom stereocenters. The Morgan fingerprint density at radius 3 is 2.23 bits per heavy atom. The lowest BCUT2D eigenvalue weighted by Gasteiger charge is -2.35. The highest BCUT2D eigenvalue weighted by Crippen LogP contribution is 2.33. The van der Waals surface area contributed by atoms with Crippen molar-refractivity contribution in [2.24, 2.45) is 0 Å². The molecule has 0 aliphatic carbocycles. The highest BCUT2D eigenvalue weighted by molar-refractivity contribution is 6.25. The number of fused-ring (bicyclic) bond motifs is 3. The molecule has 1 unspecified atom stereocenters. The number of nitriles is 1. The molecule has 7 amide bonds. The average Bonchev–Trinajstić information content (AvgIpc) is 3.64. The fraction of sp³-hybridized carbons (Fsp3) is 0.400. The Balaban J connectivity index is 0.638. The number of imide groups is 2. The molecule has 8 rings (SSSR count). The van der Waals surface area contributed by atoms with Gasteiger partial charge >= 0.3 is 0 Å². The fourth-order valence-corrected chi connectivity index (χ4v) is 9.69. The molecule has 16 nitrogen and oxygen atoms in total. The van der Waals surface area contributed by atoms with Crippen molar-refractivity contribution in [1.82, 2.24) is 30.3 Å². The lowest BCUT2D eigenvalue weighted by molar-refractivity contribution is -0.136. The molecule has 0 spiro atoms. The molecule has 16 heteroatoms. The van der Waals surface area contributed by atoms with Crippen LogP contribution in [0.5, 0.6) is 0 Å². The second-order valence-corrected chi connectivity index (χ2v) is 18.6. The van der Waals surface area contributed by atoms with Crippen molar-refractivity contribution < 1.29 is 33.6 Å². The zero-order valence-electron chi connectivity index (χ0n) is 40.1. The van der Waals surface area contributed by atoms with Gasteiger partial charge in [0.15, 0.2) is 0 Å². The number of rotatable bonds is 22. The Morgan fingerprint density at radius 2 is 1.42 bits per heavy atom. The van der Waals surface area contributed by atoms with Crippen LogP contribution < -0.4 is 21.3 Å². The third-order valence-corrected chi connectivity index (χ3v) is 13.7. The first kappa shape index (κ1) is 49.7. The molecular formula is C55H61N9O7. The largest absolute Gasteiger partial charge is 0.384 e. The molecule has 2 fully saturated rings. The van der Waals surface area contributed by atoms with Crippen LogP contribution in [0.1, 0.15) is 126 Å². The normalized spacial score (nSPS) is 15.7. The molecule has 3 aliphatic rings. The molecule has 4 N–H and O–H groups in total. The Morgan fingerprint density at radius 1 is 0.704 bits per heavy atom. The van der Waals surface area contributed by atoms with E-state index >= 15 is 0 Å². The Kier molecular flexibility index (Phi) is 16.6. The minimum absolute atomic E-state index is 0.0203. The highest BCUT2D eigenvalue weighted by atomic mass is 16.2. The first-order chi connectivity index (χ1) is 34.6. The lowest BCUT2D eigenvalue weighted by Crippen LogP contribution is -2.54. The number of piperidine rings is 1. The summed E-state index contributed by atoms with van der Waals surface area (Å²) in [4.78, 5) is 98.3. The number of anilines is 2. The van der Waals surface area contributed by atoms with E-state index in [-0.39, 0.29) is 41.7 Å². The summed E-state index contributed by atoms with van der Waals surface area (Å²) in [6.45, 7) is 3.93. The molecule has 2 saturated heterocycles. The summed E-state index contributed by atoms with van der Waals surface area (Å²) >= 11 is 0. The van der Waals surface area contributed by atoms with Gasteiger partial charge in [0.1, 0.15) is 6.04 Å². The van der Waals surface area contributed by atoms with Gasteiger partial charge in [-0.3, -0.25) is 48.8 Å². The summed E-state index contributed by atoms with van der Waals surface area (Å²) in [5, 5.41) is 24.3. The monoisotopic (exact) mass is 959 g/mol. The quantitative estimate of drug-likeness (QED) is 0.0405. The number of carbonyl (C=O) groups is 7. The van der Waals surface area contributed by atoms with Crippen LogP contribution in [-0.4, -0.2) is 113 Å². The van der Waals surface area contributed by atoms with Crippen LogP contribution >= 0.6 is 0 Å². The van der Waals surface area contributed by atoms with E-state index in [2.05, 4.69) is 50.5 Å². The third-order valence-electron chi connectivity index (χ3n) is 13.7. The number of amides is 7. The van der Waals surface area contributed by atoms with Gasteiger partial charge in [0, 0.05) is 93.6 Å². The average molecular weight is 960 g/mol. The summed E-state index contributed by atoms with van der Waals surface area (Å²) in [7, 11) is 0. The van der Waals surface area contributed by atoms with Crippen LogP contribution in [-0.2, 0) is 25.6 Å². The number of hydrogen-bond acceptors (Lipinski definition) is 11. The number of nitrogens with zero attached hydrogens (tertiary/aromatic N) is 5. The number of carbonyl (C=O) groups excluding carboxylic acids is 7. The van der Waals surface area contributed by atoms with Gasteiger partial charge in [0.2, 0.25) is 23.6 Å². The molecule has 4 heterocycles. The van der Waals surface area contributed by atoms with Gasteiger partial charge in [0.25, 0.3) is 17.7 Å². The number of pyridine rings is 1. The molecule has 5 aromatic rings. The molecular weight excluding hydrogens is 899 g/mol. The van der Waals surface area contributed by atoms with Gasteiger partial charge in [-0.2, -0.15) is 5.26 Å². The Hall–Kier alpha value is -7.67. The number of nitrogens with one attached hydrogen (secondary N) is 4. The summed E-state index contributed by atoms with van der Waals surface area (Å²) in [5.41, 5.74) is 5.21. The number of piperazine rings is 1. The van der Waals surface area contributed by atoms with E-state index < -0.39 is 29.7 Å². The van der Waals surface area contributed by atoms with Crippen LogP contribution in [0.25, 0.3) is 21.7 Å². The van der Waals surface area contributed by atoms with E-state index in [1.165, 1.54) is 5.56 Å². The summed E-state index contributed by atoms with van der Waals surface area (Å²) in [6.07, 6.45) is 11.8. The van der Waals surface area contributed by atoms with Gasteiger partial charge in [-0.05, 0) is 110 Å². The smallest absolute Gasteiger partial charge is 0.264 e. The molecule has 0 saturated carbocycles. The van der Waals surface area contributed by atoms with Gasteiger partial charge in [-0.15, -0.1) is 0 Å². The standard InChI is InChI=1S/C55H61N9O7/c56-36-38-16-20-44-43(34-38)45(24-28-59-44)58-27-23-37-15-17-40-35-41(19-18-39(40)33-37)53(69)63-31-29-62(30-32-63)50(67)14-7-4-2-1-3-6-13-48(65)60-26-9-5-8-25-57-46-12-10-11-42-51(46)55(71)64(54(42)70)47-21-22-49(66)61-52(47)68/h10-12,15-20,24,28,33-35,47,57H,1-9,13-14,21-23,25-27,29-32H2,(H,58,59)(H,60,65)(H,61,66,68). The Labute approximate surface area is 413 Å². The number of aromatic nitrogens is 1. The van der Waals surface area contributed by atoms with Crippen molar-refractivity contribution in [3.05, 3.63) is 113 Å². The SMILES string of the molecule is N#Cc1ccc2nccc(NCCc3ccc4cc(C(=O)N5CCN(C(=O)CCCCCCCCC(=O)NCCCCCNc6cccc7c6C(=O)N(C6CCC(=O)NC6=O)C7=O)CC5)ccc4c3)c2c1. The van der Waals surface area contributed by atoms with Crippen molar-refractivity contribution in [1.29, 1.82) is 5.26 Å². The van der Waals surface area contributed by atoms with Crippen molar-refractivity contribution in [2.75, 3.05) is 56.4 Å². The van der Waals surface area contributed by atoms with Crippen LogP contribution in [0.2, 0.25) is 0 Å². The molecule has 4 aromatic carbocycles. The van der Waals surface area contributed by atoms with Crippen molar-refractivity contribution in [2.45, 2.75) is 95.9 Å². The third kappa shape index (κ3) is 12.4. The van der Waals surface area contributed by atoms with Gasteiger partial charge < -0.3 is 25.8 Å². The van der Waals surface area contributed by atoms with Gasteiger partial charge in [-0.25, -0.2) is 0 Å². The molecule has 71 heavy (non-hydrogen) atoms. The van der Waals surface area contributed by atoms with Crippen LogP contribution in [0.4, 0.5) is 11.4 Å².